The predicted octanol–water partition coefficient (Wildman–Crippen LogP) is 4.40. The van der Waals surface area contributed by atoms with Gasteiger partial charge >= 0.3 is 0 Å². The van der Waals surface area contributed by atoms with Crippen LogP contribution in [-0.4, -0.2) is 43.0 Å². The van der Waals surface area contributed by atoms with E-state index in [1.54, 1.807) is 43.5 Å². The molecule has 1 aliphatic rings. The van der Waals surface area contributed by atoms with Crippen molar-refractivity contribution in [3.8, 4) is 17.2 Å². The highest BCUT2D eigenvalue weighted by atomic mass is 32.1. The van der Waals surface area contributed by atoms with Crippen molar-refractivity contribution in [2.24, 2.45) is 0 Å². The van der Waals surface area contributed by atoms with Crippen LogP contribution in [0.25, 0.3) is 5.76 Å². The topological polar surface area (TPSA) is 85.3 Å². The highest BCUT2D eigenvalue weighted by Gasteiger charge is 2.46. The van der Waals surface area contributed by atoms with Crippen LogP contribution in [0.3, 0.4) is 0 Å². The minimum Gasteiger partial charge on any atom is -0.507 e. The summed E-state index contributed by atoms with van der Waals surface area (Å²) in [5, 5.41) is 13.2. The van der Waals surface area contributed by atoms with Crippen molar-refractivity contribution < 1.29 is 28.9 Å². The van der Waals surface area contributed by atoms with Gasteiger partial charge in [-0.15, -0.1) is 11.3 Å². The lowest BCUT2D eigenvalue weighted by Crippen LogP contribution is -2.28. The normalized spacial score (nSPS) is 17.3. The minimum atomic E-state index is -0.782. The second-order valence-corrected chi connectivity index (χ2v) is 8.38. The van der Waals surface area contributed by atoms with Crippen LogP contribution in [0.15, 0.2) is 65.6 Å². The summed E-state index contributed by atoms with van der Waals surface area (Å²) < 4.78 is 15.9. The van der Waals surface area contributed by atoms with Gasteiger partial charge in [0.25, 0.3) is 11.7 Å². The maximum absolute atomic E-state index is 13.2. The average Bonchev–Trinajstić information content (AvgIpc) is 3.45. The molecule has 170 valence electrons. The monoisotopic (exact) mass is 465 g/mol. The summed E-state index contributed by atoms with van der Waals surface area (Å²) in [5.41, 5.74) is 1.01. The van der Waals surface area contributed by atoms with Gasteiger partial charge in [0.1, 0.15) is 11.5 Å². The van der Waals surface area contributed by atoms with E-state index >= 15 is 0 Å². The summed E-state index contributed by atoms with van der Waals surface area (Å²) in [4.78, 5) is 28.7. The highest BCUT2D eigenvalue weighted by molar-refractivity contribution is 7.09. The molecule has 1 unspecified atom stereocenters. The Kier molecular flexibility index (Phi) is 6.37. The molecule has 1 amide bonds. The number of carbonyl (C=O) groups is 2. The number of benzene rings is 2. The first-order chi connectivity index (χ1) is 16.0. The van der Waals surface area contributed by atoms with Crippen molar-refractivity contribution in [2.75, 3.05) is 21.3 Å². The molecular formula is C25H23NO6S. The van der Waals surface area contributed by atoms with Crippen molar-refractivity contribution in [3.63, 3.8) is 0 Å². The third kappa shape index (κ3) is 4.17. The fourth-order valence-corrected chi connectivity index (χ4v) is 4.61. The molecule has 1 saturated heterocycles. The smallest absolute Gasteiger partial charge is 0.295 e. The van der Waals surface area contributed by atoms with Gasteiger partial charge in [-0.1, -0.05) is 18.2 Å². The zero-order chi connectivity index (χ0) is 23.5. The van der Waals surface area contributed by atoms with E-state index < -0.39 is 17.7 Å². The molecule has 2 heterocycles. The van der Waals surface area contributed by atoms with E-state index in [-0.39, 0.29) is 17.9 Å². The number of nitrogens with zero attached hydrogens (tertiary/aromatic N) is 1. The van der Waals surface area contributed by atoms with Gasteiger partial charge < -0.3 is 24.2 Å². The van der Waals surface area contributed by atoms with Crippen molar-refractivity contribution in [1.82, 2.24) is 4.90 Å². The number of aliphatic hydroxyl groups is 1. The van der Waals surface area contributed by atoms with Crippen LogP contribution < -0.4 is 14.2 Å². The second kappa shape index (κ2) is 9.38. The average molecular weight is 466 g/mol. The number of amides is 1. The third-order valence-corrected chi connectivity index (χ3v) is 6.37. The number of hydrogen-bond acceptors (Lipinski definition) is 7. The van der Waals surface area contributed by atoms with Crippen LogP contribution in [0.1, 0.15) is 22.0 Å². The van der Waals surface area contributed by atoms with E-state index in [9.17, 15) is 14.7 Å². The van der Waals surface area contributed by atoms with Crippen molar-refractivity contribution in [3.05, 3.63) is 81.6 Å². The lowest BCUT2D eigenvalue weighted by molar-refractivity contribution is -0.140. The van der Waals surface area contributed by atoms with E-state index in [2.05, 4.69) is 0 Å². The molecule has 2 aromatic carbocycles. The first-order valence-corrected chi connectivity index (χ1v) is 11.0. The minimum absolute atomic E-state index is 0.0111. The summed E-state index contributed by atoms with van der Waals surface area (Å²) >= 11 is 1.49. The van der Waals surface area contributed by atoms with Gasteiger partial charge in [-0.05, 0) is 47.3 Å². The van der Waals surface area contributed by atoms with Gasteiger partial charge in [-0.3, -0.25) is 9.59 Å². The number of rotatable bonds is 7. The van der Waals surface area contributed by atoms with Gasteiger partial charge in [0.05, 0.1) is 39.5 Å². The van der Waals surface area contributed by atoms with E-state index in [4.69, 9.17) is 14.2 Å². The number of likely N-dealkylation sites (tertiary alicyclic amines) is 1. The molecule has 0 aliphatic carbocycles. The standard InChI is InChI=1S/C25H23NO6S/c1-30-17-7-4-6-15(12-17)22-21(23(27)16-9-10-19(31-2)20(13-16)32-3)24(28)25(29)26(22)14-18-8-5-11-33-18/h4-13,22,27H,14H2,1-3H3/b23-21-. The number of aliphatic hydroxyl groups excluding tert-OH is 1. The van der Waals surface area contributed by atoms with Crippen molar-refractivity contribution in [2.45, 2.75) is 12.6 Å². The van der Waals surface area contributed by atoms with Gasteiger partial charge in [-0.2, -0.15) is 0 Å². The van der Waals surface area contributed by atoms with E-state index in [1.807, 2.05) is 23.6 Å². The molecule has 8 heteroatoms. The van der Waals surface area contributed by atoms with Crippen LogP contribution in [-0.2, 0) is 16.1 Å². The van der Waals surface area contributed by atoms with E-state index in [1.165, 1.54) is 30.5 Å². The van der Waals surface area contributed by atoms with Crippen LogP contribution >= 0.6 is 11.3 Å². The van der Waals surface area contributed by atoms with Crippen LogP contribution in [0, 0.1) is 0 Å². The number of Topliss-reactive ketones (excluding diaryl/α,β-unsaturated/α-hetero) is 1. The number of ether oxygens (including phenoxy) is 3. The number of thiophene rings is 1. The molecule has 7 nitrogen and oxygen atoms in total. The van der Waals surface area contributed by atoms with Gasteiger partial charge in [-0.25, -0.2) is 0 Å². The Morgan fingerprint density at radius 1 is 0.970 bits per heavy atom. The second-order valence-electron chi connectivity index (χ2n) is 7.35. The molecule has 4 rings (SSSR count). The van der Waals surface area contributed by atoms with Gasteiger partial charge in [0, 0.05) is 10.4 Å². The lowest BCUT2D eigenvalue weighted by atomic mass is 9.95. The molecule has 1 aliphatic heterocycles. The zero-order valence-corrected chi connectivity index (χ0v) is 19.2. The first-order valence-electron chi connectivity index (χ1n) is 10.2. The zero-order valence-electron chi connectivity index (χ0n) is 18.4. The Morgan fingerprint density at radius 2 is 1.76 bits per heavy atom. The number of hydrogen-bond donors (Lipinski definition) is 1. The summed E-state index contributed by atoms with van der Waals surface area (Å²) in [7, 11) is 4.54. The quantitative estimate of drug-likeness (QED) is 0.316. The van der Waals surface area contributed by atoms with Crippen LogP contribution in [0.2, 0.25) is 0 Å². The molecule has 33 heavy (non-hydrogen) atoms. The molecule has 0 radical (unpaired) electrons. The van der Waals surface area contributed by atoms with Gasteiger partial charge in [0.2, 0.25) is 0 Å². The summed E-state index contributed by atoms with van der Waals surface area (Å²) in [6.45, 7) is 0.243. The Labute approximate surface area is 195 Å². The maximum Gasteiger partial charge on any atom is 0.295 e. The van der Waals surface area contributed by atoms with E-state index in [0.29, 0.717) is 28.4 Å². The summed E-state index contributed by atoms with van der Waals surface area (Å²) in [6, 6.07) is 15.0. The molecular weight excluding hydrogens is 442 g/mol. The number of methoxy groups -OCH3 is 3. The number of ketones is 1. The van der Waals surface area contributed by atoms with E-state index in [0.717, 1.165) is 4.88 Å². The van der Waals surface area contributed by atoms with Crippen molar-refractivity contribution in [1.29, 1.82) is 0 Å². The maximum atomic E-state index is 13.2. The Bertz CT molecular complexity index is 1220. The number of carbonyl (C=O) groups excluding carboxylic acids is 2. The Balaban J connectivity index is 1.88. The SMILES string of the molecule is COc1cccc(C2/C(=C(/O)c3ccc(OC)c(OC)c3)C(=O)C(=O)N2Cc2cccs2)c1. The molecule has 3 aromatic rings. The van der Waals surface area contributed by atoms with Crippen molar-refractivity contribution >= 4 is 28.8 Å². The summed E-state index contributed by atoms with van der Waals surface area (Å²) in [6.07, 6.45) is 0. The molecule has 1 atom stereocenters. The molecule has 0 spiro atoms. The molecule has 1 N–H and O–H groups in total. The Hall–Kier alpha value is -3.78. The molecule has 0 bridgehead atoms. The highest BCUT2D eigenvalue weighted by Crippen LogP contribution is 2.42. The first kappa shape index (κ1) is 22.4. The Morgan fingerprint density at radius 3 is 2.42 bits per heavy atom. The summed E-state index contributed by atoms with van der Waals surface area (Å²) in [5.74, 6) is -0.232. The fraction of sp³-hybridized carbons (Fsp3) is 0.200. The van der Waals surface area contributed by atoms with Crippen LogP contribution in [0.4, 0.5) is 0 Å². The molecule has 1 fully saturated rings. The van der Waals surface area contributed by atoms with Gasteiger partial charge in [0.15, 0.2) is 11.5 Å². The third-order valence-electron chi connectivity index (χ3n) is 5.51. The molecule has 0 saturated carbocycles. The lowest BCUT2D eigenvalue weighted by Gasteiger charge is -2.25. The fourth-order valence-electron chi connectivity index (χ4n) is 3.91. The van der Waals surface area contributed by atoms with Crippen LogP contribution in [0.5, 0.6) is 17.2 Å². The largest absolute Gasteiger partial charge is 0.507 e. The molecule has 1 aromatic heterocycles. The predicted molar refractivity (Wildman–Crippen MR) is 125 cm³/mol.